The van der Waals surface area contributed by atoms with Crippen molar-refractivity contribution in [3.8, 4) is 0 Å². The zero-order valence-electron chi connectivity index (χ0n) is 37.4. The van der Waals surface area contributed by atoms with Crippen LogP contribution >= 0.6 is 0 Å². The van der Waals surface area contributed by atoms with Gasteiger partial charge in [-0.2, -0.15) is 0 Å². The molecule has 7 rings (SSSR count). The monoisotopic (exact) mass is 864 g/mol. The quantitative estimate of drug-likeness (QED) is 0.131. The van der Waals surface area contributed by atoms with Crippen molar-refractivity contribution < 1.29 is 73.8 Å². The Kier molecular flexibility index (Phi) is 12.7. The highest BCUT2D eigenvalue weighted by Crippen LogP contribution is 2.74. The van der Waals surface area contributed by atoms with Gasteiger partial charge in [0.25, 0.3) is 0 Å². The maximum absolute atomic E-state index is 12.0. The number of ether oxygens (including phenoxy) is 6. The summed E-state index contributed by atoms with van der Waals surface area (Å²) in [6, 6.07) is 0. The van der Waals surface area contributed by atoms with Gasteiger partial charge < -0.3 is 64.2 Å². The van der Waals surface area contributed by atoms with E-state index in [0.717, 1.165) is 45.4 Å². The summed E-state index contributed by atoms with van der Waals surface area (Å²) in [7, 11) is 0. The van der Waals surface area contributed by atoms with Crippen LogP contribution in [0.15, 0.2) is 23.3 Å². The van der Waals surface area contributed by atoms with Gasteiger partial charge in [0.1, 0.15) is 43.2 Å². The Morgan fingerprint density at radius 1 is 0.787 bits per heavy atom. The maximum Gasteiger partial charge on any atom is 0.303 e. The van der Waals surface area contributed by atoms with E-state index in [-0.39, 0.29) is 46.7 Å². The number of allylic oxidation sites excluding steroid dienone is 3. The summed E-state index contributed by atoms with van der Waals surface area (Å²) < 4.78 is 34.9. The van der Waals surface area contributed by atoms with Crippen molar-refractivity contribution in [1.82, 2.24) is 0 Å². The van der Waals surface area contributed by atoms with Gasteiger partial charge in [0, 0.05) is 30.1 Å². The number of fused-ring (bicyclic) bond motifs is 6. The Balaban J connectivity index is 1.13. The van der Waals surface area contributed by atoms with Crippen molar-refractivity contribution in [2.24, 2.45) is 44.3 Å². The van der Waals surface area contributed by atoms with E-state index in [9.17, 15) is 45.3 Å². The second-order valence-corrected chi connectivity index (χ2v) is 21.5. The van der Waals surface area contributed by atoms with Gasteiger partial charge in [-0.3, -0.25) is 9.59 Å². The van der Waals surface area contributed by atoms with Crippen LogP contribution in [0.3, 0.4) is 0 Å². The second-order valence-electron chi connectivity index (χ2n) is 21.5. The molecular formula is C46H72O15. The number of aliphatic hydroxyl groups excluding tert-OH is 7. The minimum atomic E-state index is -1.76. The second kappa shape index (κ2) is 16.4. The summed E-state index contributed by atoms with van der Waals surface area (Å²) in [5.74, 6) is -1.37. The average molecular weight is 865 g/mol. The Morgan fingerprint density at radius 3 is 2.10 bits per heavy atom. The highest BCUT2D eigenvalue weighted by molar-refractivity contribution is 5.66. The van der Waals surface area contributed by atoms with Crippen molar-refractivity contribution >= 4 is 11.9 Å². The fourth-order valence-corrected chi connectivity index (χ4v) is 13.5. The van der Waals surface area contributed by atoms with Crippen LogP contribution in [0, 0.1) is 44.3 Å². The third-order valence-electron chi connectivity index (χ3n) is 17.4. The smallest absolute Gasteiger partial charge is 0.303 e. The fraction of sp³-hybridized carbons (Fsp3) is 0.870. The Labute approximate surface area is 359 Å². The van der Waals surface area contributed by atoms with E-state index in [2.05, 4.69) is 46.8 Å². The lowest BCUT2D eigenvalue weighted by molar-refractivity contribution is -0.367. The van der Waals surface area contributed by atoms with Crippen LogP contribution in [0.5, 0.6) is 0 Å². The van der Waals surface area contributed by atoms with Crippen LogP contribution < -0.4 is 0 Å². The lowest BCUT2D eigenvalue weighted by Crippen LogP contribution is -2.67. The normalized spacial score (nSPS) is 50.4. The zero-order chi connectivity index (χ0) is 44.8. The highest BCUT2D eigenvalue weighted by atomic mass is 16.7. The topological polar surface area (TPSA) is 231 Å². The molecule has 0 spiro atoms. The first-order valence-corrected chi connectivity index (χ1v) is 22.4. The van der Waals surface area contributed by atoms with Crippen molar-refractivity contribution in [3.63, 3.8) is 0 Å². The van der Waals surface area contributed by atoms with Gasteiger partial charge in [0.15, 0.2) is 18.7 Å². The molecule has 19 atom stereocenters. The molecule has 2 saturated heterocycles. The minimum Gasteiger partial charge on any atom is -0.463 e. The molecule has 0 aromatic carbocycles. The number of hydrogen-bond donors (Lipinski definition) is 7. The molecule has 15 nitrogen and oxygen atoms in total. The maximum atomic E-state index is 12.0. The van der Waals surface area contributed by atoms with Crippen LogP contribution in [0.4, 0.5) is 0 Å². The van der Waals surface area contributed by atoms with E-state index >= 15 is 0 Å². The third kappa shape index (κ3) is 7.47. The zero-order valence-corrected chi connectivity index (χ0v) is 37.4. The molecule has 0 bridgehead atoms. The first-order valence-electron chi connectivity index (χ1n) is 22.4. The first-order chi connectivity index (χ1) is 28.4. The molecule has 7 N–H and O–H groups in total. The third-order valence-corrected chi connectivity index (χ3v) is 17.4. The summed E-state index contributed by atoms with van der Waals surface area (Å²) in [5.41, 5.74) is 0.301. The summed E-state index contributed by atoms with van der Waals surface area (Å²) >= 11 is 0. The molecule has 0 unspecified atom stereocenters. The molecular weight excluding hydrogens is 792 g/mol. The van der Waals surface area contributed by atoms with Crippen molar-refractivity contribution in [3.05, 3.63) is 23.3 Å². The van der Waals surface area contributed by atoms with Crippen LogP contribution in [-0.2, 0) is 38.0 Å². The summed E-state index contributed by atoms with van der Waals surface area (Å²) in [5, 5.41) is 79.4. The lowest BCUT2D eigenvalue weighted by Gasteiger charge is -2.70. The van der Waals surface area contributed by atoms with Crippen LogP contribution in [0.25, 0.3) is 0 Å². The lowest BCUT2D eigenvalue weighted by atomic mass is 9.35. The van der Waals surface area contributed by atoms with Crippen LogP contribution in [0.2, 0.25) is 0 Å². The molecule has 2 aliphatic heterocycles. The number of aliphatic hydroxyl groups is 7. The molecule has 3 saturated carbocycles. The molecule has 0 amide bonds. The van der Waals surface area contributed by atoms with Crippen molar-refractivity contribution in [2.45, 2.75) is 187 Å². The van der Waals surface area contributed by atoms with E-state index in [1.165, 1.54) is 18.1 Å². The molecule has 0 aromatic heterocycles. The number of rotatable bonds is 9. The van der Waals surface area contributed by atoms with Crippen LogP contribution in [-0.4, -0.2) is 141 Å². The predicted molar refractivity (Wildman–Crippen MR) is 218 cm³/mol. The number of carbonyl (C=O) groups is 2. The van der Waals surface area contributed by atoms with E-state index in [4.69, 9.17) is 28.4 Å². The van der Waals surface area contributed by atoms with Gasteiger partial charge in [0.2, 0.25) is 0 Å². The Hall–Kier alpha value is -2.02. The predicted octanol–water partition coefficient (Wildman–Crippen LogP) is 2.82. The Morgan fingerprint density at radius 2 is 1.46 bits per heavy atom. The molecule has 5 fully saturated rings. The van der Waals surface area contributed by atoms with Crippen molar-refractivity contribution in [1.29, 1.82) is 0 Å². The van der Waals surface area contributed by atoms with Gasteiger partial charge in [-0.15, -0.1) is 0 Å². The van der Waals surface area contributed by atoms with E-state index in [1.54, 1.807) is 6.92 Å². The molecule has 15 heteroatoms. The largest absolute Gasteiger partial charge is 0.463 e. The molecule has 2 heterocycles. The summed E-state index contributed by atoms with van der Waals surface area (Å²) in [4.78, 5) is 23.5. The first kappa shape index (κ1) is 47.0. The fourth-order valence-electron chi connectivity index (χ4n) is 13.5. The van der Waals surface area contributed by atoms with Gasteiger partial charge >= 0.3 is 11.9 Å². The molecule has 346 valence electrons. The molecule has 61 heavy (non-hydrogen) atoms. The molecule has 0 aromatic rings. The standard InChI is InChI=1S/C46H72O15/c1-23-33(52)37(61-40-36(55)38(58-25(3)50)34(53)28(59-40)20-56-24(2)49)35(54)39(57-23)60-32-13-14-42(6)29(43(32,7)21-47)12-15-44(8)30(42)11-10-26-27-18-41(4,5)16-17-46(27,22-48)31(51)19-45(26,44)9/h10-11,23,28-40,47-48,51-55H,12-22H2,1-9H3/t23-,28-,29+,30+,31-,32-,33-,34-,35-,36-,37+,38+,39+,40+,42+,43-,44+,45+,46-/m0/s1. The molecule has 7 aliphatic rings. The SMILES string of the molecule is CC(=O)OC[C@@H]1O[C@H](O[C@H]2[C@H](O)[C@@H](O[C@H]3CC[C@]4(C)[C@@H](CC[C@]5(C)[C@@H]4C=CC4=C6CC(C)(C)CC[C@@]6(CO)[C@@H](O)C[C@]45C)[C@]3(C)CO)O[C@@H](C)[C@@H]2O)[C@@H](O)[C@H](OC(C)=O)[C@H]1O. The summed E-state index contributed by atoms with van der Waals surface area (Å²) in [6.07, 6.45) is -5.17. The van der Waals surface area contributed by atoms with Crippen LogP contribution in [0.1, 0.15) is 114 Å². The van der Waals surface area contributed by atoms with Gasteiger partial charge in [-0.05, 0) is 91.9 Å². The van der Waals surface area contributed by atoms with Crippen molar-refractivity contribution in [2.75, 3.05) is 19.8 Å². The summed E-state index contributed by atoms with van der Waals surface area (Å²) in [6.45, 7) is 16.8. The Bertz CT molecular complexity index is 1730. The van der Waals surface area contributed by atoms with Gasteiger partial charge in [-0.1, -0.05) is 59.3 Å². The van der Waals surface area contributed by atoms with Gasteiger partial charge in [-0.25, -0.2) is 0 Å². The molecule has 5 aliphatic carbocycles. The molecule has 0 radical (unpaired) electrons. The van der Waals surface area contributed by atoms with E-state index in [1.807, 2.05) is 6.92 Å². The number of hydrogen-bond acceptors (Lipinski definition) is 15. The number of esters is 2. The minimum absolute atomic E-state index is 0.0108. The highest BCUT2D eigenvalue weighted by Gasteiger charge is 2.69. The average Bonchev–Trinajstić information content (AvgIpc) is 3.18. The van der Waals surface area contributed by atoms with Gasteiger partial charge in [0.05, 0.1) is 31.5 Å². The van der Waals surface area contributed by atoms with E-state index in [0.29, 0.717) is 12.8 Å². The number of carbonyl (C=O) groups excluding carboxylic acids is 2. The van der Waals surface area contributed by atoms with E-state index < -0.39 is 103 Å².